The van der Waals surface area contributed by atoms with Crippen molar-refractivity contribution in [2.45, 2.75) is 26.7 Å². The number of anilines is 1. The van der Waals surface area contributed by atoms with Gasteiger partial charge < -0.3 is 10.4 Å². The van der Waals surface area contributed by atoms with Crippen LogP contribution in [-0.4, -0.2) is 22.0 Å². The van der Waals surface area contributed by atoms with Gasteiger partial charge in [0.05, 0.1) is 11.3 Å². The van der Waals surface area contributed by atoms with Crippen molar-refractivity contribution in [1.82, 2.24) is 4.98 Å². The SMILES string of the molecule is CC(=O)Nc1nc(CCc2ccc(C(=O)O)c(C)c2)cs1. The first kappa shape index (κ1) is 15.2. The van der Waals surface area contributed by atoms with Crippen LogP contribution in [-0.2, 0) is 17.6 Å². The van der Waals surface area contributed by atoms with Crippen LogP contribution in [0.4, 0.5) is 5.13 Å². The van der Waals surface area contributed by atoms with Gasteiger partial charge in [-0.2, -0.15) is 0 Å². The molecule has 2 aromatic rings. The van der Waals surface area contributed by atoms with Crippen LogP contribution >= 0.6 is 11.3 Å². The molecule has 0 saturated heterocycles. The molecular formula is C15H16N2O3S. The molecule has 1 amide bonds. The van der Waals surface area contributed by atoms with Crippen LogP contribution in [0.1, 0.15) is 34.1 Å². The van der Waals surface area contributed by atoms with E-state index in [1.807, 2.05) is 17.5 Å². The van der Waals surface area contributed by atoms with Crippen molar-refractivity contribution in [1.29, 1.82) is 0 Å². The van der Waals surface area contributed by atoms with E-state index < -0.39 is 5.97 Å². The highest BCUT2D eigenvalue weighted by Gasteiger charge is 2.08. The Bertz CT molecular complexity index is 679. The number of carboxylic acids is 1. The van der Waals surface area contributed by atoms with E-state index in [4.69, 9.17) is 5.11 Å². The first-order chi connectivity index (χ1) is 9.95. The molecule has 0 spiro atoms. The molecule has 1 aromatic heterocycles. The van der Waals surface area contributed by atoms with Crippen molar-refractivity contribution in [3.05, 3.63) is 46.0 Å². The maximum Gasteiger partial charge on any atom is 0.335 e. The minimum Gasteiger partial charge on any atom is -0.478 e. The molecule has 2 rings (SSSR count). The molecule has 0 atom stereocenters. The van der Waals surface area contributed by atoms with Gasteiger partial charge in [0, 0.05) is 12.3 Å². The topological polar surface area (TPSA) is 79.3 Å². The Morgan fingerprint density at radius 3 is 2.71 bits per heavy atom. The lowest BCUT2D eigenvalue weighted by atomic mass is 10.0. The van der Waals surface area contributed by atoms with E-state index in [0.717, 1.165) is 29.7 Å². The first-order valence-electron chi connectivity index (χ1n) is 6.50. The Hall–Kier alpha value is -2.21. The highest BCUT2D eigenvalue weighted by atomic mass is 32.1. The smallest absolute Gasteiger partial charge is 0.335 e. The van der Waals surface area contributed by atoms with Gasteiger partial charge >= 0.3 is 5.97 Å². The zero-order valence-electron chi connectivity index (χ0n) is 11.8. The lowest BCUT2D eigenvalue weighted by Gasteiger charge is -2.04. The van der Waals surface area contributed by atoms with E-state index in [1.54, 1.807) is 13.0 Å². The number of carbonyl (C=O) groups excluding carboxylic acids is 1. The zero-order valence-corrected chi connectivity index (χ0v) is 12.7. The number of carbonyl (C=O) groups is 2. The van der Waals surface area contributed by atoms with Crippen molar-refractivity contribution in [3.8, 4) is 0 Å². The molecule has 5 nitrogen and oxygen atoms in total. The molecular weight excluding hydrogens is 288 g/mol. The van der Waals surface area contributed by atoms with Gasteiger partial charge in [-0.05, 0) is 37.0 Å². The molecule has 0 bridgehead atoms. The minimum atomic E-state index is -0.904. The van der Waals surface area contributed by atoms with Crippen LogP contribution in [0.3, 0.4) is 0 Å². The van der Waals surface area contributed by atoms with Crippen molar-refractivity contribution in [2.24, 2.45) is 0 Å². The number of aryl methyl sites for hydroxylation is 3. The second-order valence-electron chi connectivity index (χ2n) is 4.78. The van der Waals surface area contributed by atoms with E-state index in [1.165, 1.54) is 18.3 Å². The summed E-state index contributed by atoms with van der Waals surface area (Å²) in [6, 6.07) is 5.36. The van der Waals surface area contributed by atoms with Gasteiger partial charge in [-0.15, -0.1) is 11.3 Å². The molecule has 1 aromatic carbocycles. The van der Waals surface area contributed by atoms with Crippen LogP contribution in [0.5, 0.6) is 0 Å². The largest absolute Gasteiger partial charge is 0.478 e. The van der Waals surface area contributed by atoms with Crippen molar-refractivity contribution < 1.29 is 14.7 Å². The summed E-state index contributed by atoms with van der Waals surface area (Å²) in [5.74, 6) is -1.03. The Morgan fingerprint density at radius 2 is 2.10 bits per heavy atom. The molecule has 0 aliphatic rings. The zero-order chi connectivity index (χ0) is 15.4. The summed E-state index contributed by atoms with van der Waals surface area (Å²) in [6.45, 7) is 3.25. The maximum absolute atomic E-state index is 11.0. The second-order valence-corrected chi connectivity index (χ2v) is 5.64. The van der Waals surface area contributed by atoms with Gasteiger partial charge in [-0.25, -0.2) is 9.78 Å². The van der Waals surface area contributed by atoms with E-state index in [0.29, 0.717) is 10.7 Å². The van der Waals surface area contributed by atoms with Gasteiger partial charge in [-0.3, -0.25) is 4.79 Å². The molecule has 0 aliphatic heterocycles. The number of hydrogen-bond donors (Lipinski definition) is 2. The number of aromatic nitrogens is 1. The maximum atomic E-state index is 11.0. The number of rotatable bonds is 5. The van der Waals surface area contributed by atoms with Crippen molar-refractivity contribution in [2.75, 3.05) is 5.32 Å². The average Bonchev–Trinajstić information content (AvgIpc) is 2.82. The molecule has 2 N–H and O–H groups in total. The summed E-state index contributed by atoms with van der Waals surface area (Å²) >= 11 is 1.40. The van der Waals surface area contributed by atoms with Crippen LogP contribution in [0.15, 0.2) is 23.6 Å². The third kappa shape index (κ3) is 4.13. The van der Waals surface area contributed by atoms with E-state index >= 15 is 0 Å². The van der Waals surface area contributed by atoms with Gasteiger partial charge in [0.25, 0.3) is 0 Å². The number of hydrogen-bond acceptors (Lipinski definition) is 4. The summed E-state index contributed by atoms with van der Waals surface area (Å²) in [5, 5.41) is 14.2. The first-order valence-corrected chi connectivity index (χ1v) is 7.38. The number of nitrogens with one attached hydrogen (secondary N) is 1. The molecule has 0 aliphatic carbocycles. The lowest BCUT2D eigenvalue weighted by molar-refractivity contribution is -0.114. The summed E-state index contributed by atoms with van der Waals surface area (Å²) in [7, 11) is 0. The number of benzene rings is 1. The molecule has 0 saturated carbocycles. The molecule has 0 fully saturated rings. The Labute approximate surface area is 126 Å². The summed E-state index contributed by atoms with van der Waals surface area (Å²) in [5.41, 5.74) is 3.09. The standard InChI is InChI=1S/C15H16N2O3S/c1-9-7-11(4-6-13(9)14(19)20)3-5-12-8-21-15(17-12)16-10(2)18/h4,6-8H,3,5H2,1-2H3,(H,19,20)(H,16,17,18). The number of carboxylic acid groups (broad SMARTS) is 1. The summed E-state index contributed by atoms with van der Waals surface area (Å²) in [6.07, 6.45) is 1.53. The van der Waals surface area contributed by atoms with Gasteiger partial charge in [0.2, 0.25) is 5.91 Å². The summed E-state index contributed by atoms with van der Waals surface area (Å²) in [4.78, 5) is 26.2. The monoisotopic (exact) mass is 304 g/mol. The van der Waals surface area contributed by atoms with E-state index in [9.17, 15) is 9.59 Å². The molecule has 21 heavy (non-hydrogen) atoms. The normalized spacial score (nSPS) is 10.4. The quantitative estimate of drug-likeness (QED) is 0.890. The third-order valence-corrected chi connectivity index (χ3v) is 3.83. The fourth-order valence-corrected chi connectivity index (χ4v) is 2.81. The molecule has 110 valence electrons. The van der Waals surface area contributed by atoms with Crippen LogP contribution in [0, 0.1) is 6.92 Å². The molecule has 6 heteroatoms. The number of thiazole rings is 1. The fraction of sp³-hybridized carbons (Fsp3) is 0.267. The van der Waals surface area contributed by atoms with Gasteiger partial charge in [-0.1, -0.05) is 12.1 Å². The lowest BCUT2D eigenvalue weighted by Crippen LogP contribution is -2.05. The Kier molecular flexibility index (Phi) is 4.70. The van der Waals surface area contributed by atoms with E-state index in [2.05, 4.69) is 10.3 Å². The van der Waals surface area contributed by atoms with Crippen LogP contribution in [0.25, 0.3) is 0 Å². The van der Waals surface area contributed by atoms with Gasteiger partial charge in [0.15, 0.2) is 5.13 Å². The van der Waals surface area contributed by atoms with E-state index in [-0.39, 0.29) is 5.91 Å². The molecule has 0 radical (unpaired) electrons. The van der Waals surface area contributed by atoms with Crippen LogP contribution in [0.2, 0.25) is 0 Å². The van der Waals surface area contributed by atoms with Crippen molar-refractivity contribution >= 4 is 28.3 Å². The number of amides is 1. The predicted molar refractivity (Wildman–Crippen MR) is 82.0 cm³/mol. The Balaban J connectivity index is 1.99. The Morgan fingerprint density at radius 1 is 1.33 bits per heavy atom. The average molecular weight is 304 g/mol. The molecule has 0 unspecified atom stereocenters. The number of aromatic carboxylic acids is 1. The summed E-state index contributed by atoms with van der Waals surface area (Å²) < 4.78 is 0. The van der Waals surface area contributed by atoms with Crippen LogP contribution < -0.4 is 5.32 Å². The molecule has 1 heterocycles. The third-order valence-electron chi connectivity index (χ3n) is 3.03. The van der Waals surface area contributed by atoms with Crippen molar-refractivity contribution in [3.63, 3.8) is 0 Å². The van der Waals surface area contributed by atoms with Gasteiger partial charge in [0.1, 0.15) is 0 Å². The number of nitrogens with zero attached hydrogens (tertiary/aromatic N) is 1. The second kappa shape index (κ2) is 6.49. The highest BCUT2D eigenvalue weighted by Crippen LogP contribution is 2.18. The fourth-order valence-electron chi connectivity index (χ4n) is 2.02. The predicted octanol–water partition coefficient (Wildman–Crippen LogP) is 2.89. The highest BCUT2D eigenvalue weighted by molar-refractivity contribution is 7.13. The minimum absolute atomic E-state index is 0.129.